The van der Waals surface area contributed by atoms with Crippen LogP contribution in [0.5, 0.6) is 0 Å². The van der Waals surface area contributed by atoms with Gasteiger partial charge in [-0.2, -0.15) is 5.10 Å². The average molecular weight is 647 g/mol. The molecule has 0 aliphatic carbocycles. The first-order valence-corrected chi connectivity index (χ1v) is 16.5. The number of hydrogen-bond donors (Lipinski definition) is 3. The molecule has 1 aliphatic heterocycles. The van der Waals surface area contributed by atoms with E-state index in [1.807, 2.05) is 20.8 Å². The Balaban J connectivity index is 1.57. The minimum Gasteiger partial charge on any atom is -0.391 e. The largest absolute Gasteiger partial charge is 0.391 e. The van der Waals surface area contributed by atoms with Crippen LogP contribution in [0.2, 0.25) is 0 Å². The van der Waals surface area contributed by atoms with E-state index in [1.54, 1.807) is 7.11 Å². The molecule has 0 spiro atoms. The quantitative estimate of drug-likeness (QED) is 0.125. The highest BCUT2D eigenvalue weighted by Crippen LogP contribution is 2.28. The van der Waals surface area contributed by atoms with Gasteiger partial charge in [-0.3, -0.25) is 14.3 Å². The smallest absolute Gasteiger partial charge is 0.295 e. The second-order valence-corrected chi connectivity index (χ2v) is 13.4. The minimum atomic E-state index is -0.982. The molecule has 4 N–H and O–H groups in total. The lowest BCUT2D eigenvalue weighted by molar-refractivity contribution is -0.754. The van der Waals surface area contributed by atoms with Crippen molar-refractivity contribution in [2.75, 3.05) is 33.4 Å². The van der Waals surface area contributed by atoms with E-state index >= 15 is 0 Å². The first-order valence-electron chi connectivity index (χ1n) is 16.5. The molecule has 0 radical (unpaired) electrons. The number of carbonyl (C=O) groups is 2. The fourth-order valence-electron chi connectivity index (χ4n) is 6.34. The zero-order valence-corrected chi connectivity index (χ0v) is 28.3. The molecule has 258 valence electrons. The summed E-state index contributed by atoms with van der Waals surface area (Å²) >= 11 is 0. The van der Waals surface area contributed by atoms with Crippen LogP contribution in [0, 0.1) is 40.7 Å². The van der Waals surface area contributed by atoms with Crippen molar-refractivity contribution in [2.24, 2.45) is 29.4 Å². The minimum absolute atomic E-state index is 0.00684. The Hall–Kier alpha value is -3.29. The number of nitrogens with two attached hydrogens (primary N) is 1. The van der Waals surface area contributed by atoms with Crippen LogP contribution in [0.15, 0.2) is 18.2 Å². The molecule has 1 aliphatic rings. The SMILES string of the molecule is COCCCn1nc(C)c2ccc(C[C@@H](C[C@H](N)[C@@H](O)C[C@H](C(=O)NC3CCN(C(=O)CO[N+](=O)[O-])CC3)C(C)C)C(C)C)cc21. The Morgan fingerprint density at radius 3 is 2.48 bits per heavy atom. The summed E-state index contributed by atoms with van der Waals surface area (Å²) in [5.41, 5.74) is 9.95. The van der Waals surface area contributed by atoms with Gasteiger partial charge in [0.25, 0.3) is 5.09 Å². The molecule has 4 atom stereocenters. The van der Waals surface area contributed by atoms with Gasteiger partial charge in [0.2, 0.25) is 11.8 Å². The number of ether oxygens (including phenoxy) is 1. The highest BCUT2D eigenvalue weighted by Gasteiger charge is 2.32. The van der Waals surface area contributed by atoms with Gasteiger partial charge in [-0.1, -0.05) is 39.8 Å². The Kier molecular flexibility index (Phi) is 14.2. The van der Waals surface area contributed by atoms with Gasteiger partial charge < -0.3 is 30.6 Å². The molecular weight excluding hydrogens is 592 g/mol. The lowest BCUT2D eigenvalue weighted by Gasteiger charge is -2.34. The van der Waals surface area contributed by atoms with Crippen LogP contribution in [-0.2, 0) is 32.1 Å². The predicted octanol–water partition coefficient (Wildman–Crippen LogP) is 3.25. The number of piperidine rings is 1. The van der Waals surface area contributed by atoms with Crippen molar-refractivity contribution in [1.82, 2.24) is 20.0 Å². The van der Waals surface area contributed by atoms with Crippen molar-refractivity contribution in [2.45, 2.75) is 97.9 Å². The molecule has 46 heavy (non-hydrogen) atoms. The number of nitrogens with zero attached hydrogens (tertiary/aromatic N) is 4. The number of methoxy groups -OCH3 is 1. The number of amides is 2. The summed E-state index contributed by atoms with van der Waals surface area (Å²) in [5, 5.41) is 29.6. The second-order valence-electron chi connectivity index (χ2n) is 13.4. The summed E-state index contributed by atoms with van der Waals surface area (Å²) in [7, 11) is 1.71. The highest BCUT2D eigenvalue weighted by molar-refractivity contribution is 5.82. The van der Waals surface area contributed by atoms with E-state index in [4.69, 9.17) is 15.6 Å². The third kappa shape index (κ3) is 10.6. The monoisotopic (exact) mass is 646 g/mol. The molecule has 1 aromatic heterocycles. The summed E-state index contributed by atoms with van der Waals surface area (Å²) in [5.74, 6) is -0.422. The molecule has 0 saturated carbocycles. The van der Waals surface area contributed by atoms with Gasteiger partial charge in [-0.05, 0) is 74.8 Å². The number of aliphatic hydroxyl groups is 1. The van der Waals surface area contributed by atoms with Gasteiger partial charge in [-0.25, -0.2) is 0 Å². The molecule has 3 rings (SSSR count). The van der Waals surface area contributed by atoms with Crippen molar-refractivity contribution in [3.63, 3.8) is 0 Å². The van der Waals surface area contributed by atoms with E-state index in [0.717, 1.165) is 36.0 Å². The van der Waals surface area contributed by atoms with E-state index in [-0.39, 0.29) is 30.2 Å². The molecule has 13 nitrogen and oxygen atoms in total. The van der Waals surface area contributed by atoms with E-state index in [0.29, 0.717) is 44.9 Å². The number of aromatic nitrogens is 2. The van der Waals surface area contributed by atoms with Crippen molar-refractivity contribution < 1.29 is 29.4 Å². The Morgan fingerprint density at radius 1 is 1.17 bits per heavy atom. The fraction of sp³-hybridized carbons (Fsp3) is 0.727. The molecule has 1 aromatic carbocycles. The molecule has 1 saturated heterocycles. The molecule has 1 fully saturated rings. The maximum absolute atomic E-state index is 13.3. The van der Waals surface area contributed by atoms with Gasteiger partial charge in [0.1, 0.15) is 0 Å². The van der Waals surface area contributed by atoms with Gasteiger partial charge in [0.15, 0.2) is 6.61 Å². The highest BCUT2D eigenvalue weighted by atomic mass is 16.9. The number of benzene rings is 1. The van der Waals surface area contributed by atoms with Gasteiger partial charge in [0, 0.05) is 56.7 Å². The maximum Gasteiger partial charge on any atom is 0.295 e. The number of hydrogen-bond acceptors (Lipinski definition) is 9. The Bertz CT molecular complexity index is 1290. The first-order chi connectivity index (χ1) is 21.8. The molecule has 13 heteroatoms. The van der Waals surface area contributed by atoms with Crippen LogP contribution in [-0.4, -0.2) is 88.3 Å². The normalized spacial score (nSPS) is 16.9. The number of rotatable bonds is 18. The lowest BCUT2D eigenvalue weighted by Crippen LogP contribution is -2.50. The standard InChI is InChI=1S/C33H54N6O7/c1-21(2)25(16-24-8-9-27-23(5)36-38(30(27)17-24)12-7-15-45-6)18-29(34)31(40)19-28(22(3)4)33(42)35-26-10-13-37(14-11-26)32(41)20-46-39(43)44/h8-9,17,21-22,25-26,28-29,31,40H,7,10-16,18-20,34H2,1-6H3,(H,35,42)/t25-,28-,29-,31-/m0/s1. The number of nitrogens with one attached hydrogen (secondary N) is 1. The van der Waals surface area contributed by atoms with Crippen LogP contribution in [0.3, 0.4) is 0 Å². The number of carbonyl (C=O) groups excluding carboxylic acids is 2. The maximum atomic E-state index is 13.3. The summed E-state index contributed by atoms with van der Waals surface area (Å²) < 4.78 is 7.28. The predicted molar refractivity (Wildman–Crippen MR) is 175 cm³/mol. The zero-order chi connectivity index (χ0) is 34.0. The van der Waals surface area contributed by atoms with Crippen LogP contribution in [0.25, 0.3) is 10.9 Å². The third-order valence-corrected chi connectivity index (χ3v) is 9.35. The second kappa shape index (κ2) is 17.6. The molecule has 2 heterocycles. The van der Waals surface area contributed by atoms with E-state index in [9.17, 15) is 24.8 Å². The Labute approximate surface area is 272 Å². The molecule has 2 amide bonds. The number of aryl methyl sites for hydroxylation is 2. The van der Waals surface area contributed by atoms with Crippen LogP contribution in [0.1, 0.15) is 71.1 Å². The zero-order valence-electron chi connectivity index (χ0n) is 28.3. The number of likely N-dealkylation sites (tertiary alicyclic amines) is 1. The van der Waals surface area contributed by atoms with E-state index in [1.165, 1.54) is 10.5 Å². The number of aliphatic hydroxyl groups excluding tert-OH is 1. The van der Waals surface area contributed by atoms with Crippen LogP contribution >= 0.6 is 0 Å². The van der Waals surface area contributed by atoms with E-state index < -0.39 is 35.7 Å². The average Bonchev–Trinajstić information content (AvgIpc) is 3.32. The van der Waals surface area contributed by atoms with E-state index in [2.05, 4.69) is 46.9 Å². The number of fused-ring (bicyclic) bond motifs is 1. The summed E-state index contributed by atoms with van der Waals surface area (Å²) in [6.07, 6.45) is 2.84. The van der Waals surface area contributed by atoms with Gasteiger partial charge >= 0.3 is 0 Å². The van der Waals surface area contributed by atoms with Crippen molar-refractivity contribution >= 4 is 22.7 Å². The van der Waals surface area contributed by atoms with Gasteiger partial charge in [0.05, 0.1) is 17.3 Å². The fourth-order valence-corrected chi connectivity index (χ4v) is 6.34. The summed E-state index contributed by atoms with van der Waals surface area (Å²) in [4.78, 5) is 41.5. The third-order valence-electron chi connectivity index (χ3n) is 9.35. The molecule has 0 bridgehead atoms. The molecule has 2 aromatic rings. The Morgan fingerprint density at radius 2 is 1.87 bits per heavy atom. The topological polar surface area (TPSA) is 175 Å². The molecular formula is C33H54N6O7. The van der Waals surface area contributed by atoms with Crippen LogP contribution in [0.4, 0.5) is 0 Å². The first kappa shape index (κ1) is 37.2. The van der Waals surface area contributed by atoms with Crippen molar-refractivity contribution in [3.8, 4) is 0 Å². The van der Waals surface area contributed by atoms with Crippen molar-refractivity contribution in [3.05, 3.63) is 39.6 Å². The van der Waals surface area contributed by atoms with Crippen molar-refractivity contribution in [1.29, 1.82) is 0 Å². The van der Waals surface area contributed by atoms with Gasteiger partial charge in [-0.15, -0.1) is 10.1 Å². The molecule has 0 unspecified atom stereocenters. The summed E-state index contributed by atoms with van der Waals surface area (Å²) in [6.45, 7) is 11.9. The summed E-state index contributed by atoms with van der Waals surface area (Å²) in [6, 6.07) is 5.92. The lowest BCUT2D eigenvalue weighted by atomic mass is 9.80. The van der Waals surface area contributed by atoms with Crippen LogP contribution < -0.4 is 11.1 Å².